The third-order valence-electron chi connectivity index (χ3n) is 2.97. The second-order valence-corrected chi connectivity index (χ2v) is 5.88. The predicted molar refractivity (Wildman–Crippen MR) is 73.5 cm³/mol. The van der Waals surface area contributed by atoms with Crippen LogP contribution in [0.3, 0.4) is 0 Å². The van der Waals surface area contributed by atoms with Gasteiger partial charge < -0.3 is 9.84 Å². The molecule has 0 fully saturated rings. The number of rotatable bonds is 4. The Balaban J connectivity index is 2.23. The lowest BCUT2D eigenvalue weighted by Gasteiger charge is -2.22. The maximum Gasteiger partial charge on any atom is 0.417 e. The molecule has 0 unspecified atom stereocenters. The highest BCUT2D eigenvalue weighted by Crippen LogP contribution is 2.34. The van der Waals surface area contributed by atoms with Gasteiger partial charge in [-0.05, 0) is 13.8 Å². The van der Waals surface area contributed by atoms with E-state index in [1.165, 1.54) is 5.38 Å². The zero-order valence-corrected chi connectivity index (χ0v) is 12.9. The second kappa shape index (κ2) is 5.71. The lowest BCUT2D eigenvalue weighted by molar-refractivity contribution is -0.137. The minimum atomic E-state index is -4.57. The first-order valence-corrected chi connectivity index (χ1v) is 7.38. The Morgan fingerprint density at radius 2 is 2.05 bits per heavy atom. The summed E-state index contributed by atoms with van der Waals surface area (Å²) in [5.74, 6) is -0.230. The molecule has 1 N–H and O–H groups in total. The van der Waals surface area contributed by atoms with E-state index in [0.717, 1.165) is 16.7 Å². The summed E-state index contributed by atoms with van der Waals surface area (Å²) in [6, 6.07) is 0. The molecule has 0 aliphatic rings. The number of amides is 1. The molecule has 0 bridgehead atoms. The van der Waals surface area contributed by atoms with E-state index >= 15 is 0 Å². The fourth-order valence-electron chi connectivity index (χ4n) is 1.75. The van der Waals surface area contributed by atoms with Crippen molar-refractivity contribution in [2.75, 3.05) is 0 Å². The van der Waals surface area contributed by atoms with Crippen molar-refractivity contribution in [1.82, 2.24) is 15.5 Å². The van der Waals surface area contributed by atoms with Gasteiger partial charge in [0.05, 0.1) is 16.7 Å². The van der Waals surface area contributed by atoms with Crippen LogP contribution in [0.5, 0.6) is 0 Å². The van der Waals surface area contributed by atoms with Gasteiger partial charge in [0.15, 0.2) is 5.82 Å². The zero-order chi connectivity index (χ0) is 16.5. The molecular formula is C13H14F3N3O2S. The molecular weight excluding hydrogens is 319 g/mol. The maximum atomic E-state index is 12.8. The third-order valence-corrected chi connectivity index (χ3v) is 3.71. The highest BCUT2D eigenvalue weighted by molar-refractivity contribution is 7.08. The Kier molecular flexibility index (Phi) is 4.28. The Labute approximate surface area is 128 Å². The summed E-state index contributed by atoms with van der Waals surface area (Å²) in [5, 5.41) is 8.33. The molecule has 22 heavy (non-hydrogen) atoms. The molecule has 0 aromatic carbocycles. The van der Waals surface area contributed by atoms with Gasteiger partial charge in [0.1, 0.15) is 0 Å². The van der Waals surface area contributed by atoms with Gasteiger partial charge in [0, 0.05) is 17.2 Å². The van der Waals surface area contributed by atoms with Crippen LogP contribution in [0.25, 0.3) is 0 Å². The number of hydrogen-bond acceptors (Lipinski definition) is 5. The standard InChI is InChI=1S/C13H14F3N3O2S/c1-4-9-17-11(19-21-9)12(2,3)18-10(20)7-5-22-6-8(7)13(14,15)16/h5-6H,4H2,1-3H3,(H,18,20). The molecule has 120 valence electrons. The molecule has 2 heterocycles. The normalized spacial score (nSPS) is 12.5. The van der Waals surface area contributed by atoms with Gasteiger partial charge in [-0.3, -0.25) is 4.79 Å². The van der Waals surface area contributed by atoms with Crippen molar-refractivity contribution < 1.29 is 22.5 Å². The topological polar surface area (TPSA) is 68.0 Å². The van der Waals surface area contributed by atoms with Crippen LogP contribution in [0.2, 0.25) is 0 Å². The monoisotopic (exact) mass is 333 g/mol. The van der Waals surface area contributed by atoms with Crippen molar-refractivity contribution in [2.24, 2.45) is 0 Å². The Hall–Kier alpha value is -1.90. The fourth-order valence-corrected chi connectivity index (χ4v) is 2.59. The van der Waals surface area contributed by atoms with Gasteiger partial charge in [0.2, 0.25) is 5.89 Å². The van der Waals surface area contributed by atoms with Crippen LogP contribution in [0.1, 0.15) is 48.4 Å². The minimum absolute atomic E-state index is 0.210. The van der Waals surface area contributed by atoms with Crippen LogP contribution >= 0.6 is 11.3 Å². The summed E-state index contributed by atoms with van der Waals surface area (Å²) in [5.41, 5.74) is -2.42. The molecule has 0 atom stereocenters. The largest absolute Gasteiger partial charge is 0.417 e. The zero-order valence-electron chi connectivity index (χ0n) is 12.1. The van der Waals surface area contributed by atoms with E-state index in [2.05, 4.69) is 15.5 Å². The number of nitrogens with one attached hydrogen (secondary N) is 1. The average Bonchev–Trinajstić information content (AvgIpc) is 3.07. The summed E-state index contributed by atoms with van der Waals surface area (Å²) in [4.78, 5) is 16.2. The van der Waals surface area contributed by atoms with Crippen LogP contribution in [0.4, 0.5) is 13.2 Å². The van der Waals surface area contributed by atoms with Crippen molar-refractivity contribution in [2.45, 2.75) is 38.9 Å². The summed E-state index contributed by atoms with van der Waals surface area (Å²) in [6.45, 7) is 5.01. The molecule has 0 spiro atoms. The maximum absolute atomic E-state index is 12.8. The van der Waals surface area contributed by atoms with Gasteiger partial charge >= 0.3 is 6.18 Å². The van der Waals surface area contributed by atoms with Crippen LogP contribution < -0.4 is 5.32 Å². The predicted octanol–water partition coefficient (Wildman–Crippen LogP) is 3.38. The van der Waals surface area contributed by atoms with E-state index in [9.17, 15) is 18.0 Å². The van der Waals surface area contributed by atoms with Crippen molar-refractivity contribution in [3.63, 3.8) is 0 Å². The molecule has 0 radical (unpaired) electrons. The Morgan fingerprint density at radius 1 is 1.36 bits per heavy atom. The SMILES string of the molecule is CCc1nc(C(C)(C)NC(=O)c2cscc2C(F)(F)F)no1. The molecule has 2 rings (SSSR count). The highest BCUT2D eigenvalue weighted by atomic mass is 32.1. The lowest BCUT2D eigenvalue weighted by Crippen LogP contribution is -2.42. The number of carbonyl (C=O) groups excluding carboxylic acids is 1. The summed E-state index contributed by atoms with van der Waals surface area (Å²) in [7, 11) is 0. The van der Waals surface area contributed by atoms with E-state index in [0.29, 0.717) is 12.3 Å². The Morgan fingerprint density at radius 3 is 2.59 bits per heavy atom. The van der Waals surface area contributed by atoms with Gasteiger partial charge in [-0.15, -0.1) is 0 Å². The number of nitrogens with zero attached hydrogens (tertiary/aromatic N) is 2. The smallest absolute Gasteiger partial charge is 0.340 e. The lowest BCUT2D eigenvalue weighted by atomic mass is 10.0. The molecule has 5 nitrogen and oxygen atoms in total. The van der Waals surface area contributed by atoms with E-state index in [-0.39, 0.29) is 5.82 Å². The van der Waals surface area contributed by atoms with Crippen LogP contribution in [-0.4, -0.2) is 16.0 Å². The molecule has 0 aliphatic carbocycles. The highest BCUT2D eigenvalue weighted by Gasteiger charge is 2.37. The van der Waals surface area contributed by atoms with Crippen LogP contribution in [0.15, 0.2) is 15.3 Å². The van der Waals surface area contributed by atoms with Crippen LogP contribution in [0, 0.1) is 0 Å². The second-order valence-electron chi connectivity index (χ2n) is 5.14. The van der Waals surface area contributed by atoms with Crippen molar-refractivity contribution in [1.29, 1.82) is 0 Å². The van der Waals surface area contributed by atoms with Gasteiger partial charge in [-0.2, -0.15) is 29.5 Å². The number of carbonyl (C=O) groups is 1. The van der Waals surface area contributed by atoms with Crippen molar-refractivity contribution >= 4 is 17.2 Å². The number of halogens is 3. The van der Waals surface area contributed by atoms with E-state index in [1.807, 2.05) is 6.92 Å². The number of alkyl halides is 3. The Bertz CT molecular complexity index is 676. The van der Waals surface area contributed by atoms with E-state index in [1.54, 1.807) is 13.8 Å². The molecule has 1 amide bonds. The number of aromatic nitrogens is 2. The van der Waals surface area contributed by atoms with Gasteiger partial charge in [0.25, 0.3) is 5.91 Å². The number of aryl methyl sites for hydroxylation is 1. The summed E-state index contributed by atoms with van der Waals surface area (Å²) in [6.07, 6.45) is -4.04. The number of thiophene rings is 1. The van der Waals surface area contributed by atoms with Crippen molar-refractivity contribution in [3.05, 3.63) is 33.6 Å². The molecule has 9 heteroatoms. The third kappa shape index (κ3) is 3.29. The van der Waals surface area contributed by atoms with Crippen molar-refractivity contribution in [3.8, 4) is 0 Å². The van der Waals surface area contributed by atoms with E-state index < -0.39 is 28.7 Å². The van der Waals surface area contributed by atoms with Gasteiger partial charge in [-0.25, -0.2) is 0 Å². The molecule has 2 aromatic heterocycles. The fraction of sp³-hybridized carbons (Fsp3) is 0.462. The van der Waals surface area contributed by atoms with Gasteiger partial charge in [-0.1, -0.05) is 12.1 Å². The molecule has 0 saturated carbocycles. The quantitative estimate of drug-likeness (QED) is 0.931. The first kappa shape index (κ1) is 16.5. The van der Waals surface area contributed by atoms with Crippen LogP contribution in [-0.2, 0) is 18.1 Å². The summed E-state index contributed by atoms with van der Waals surface area (Å²) < 4.78 is 43.5. The summed E-state index contributed by atoms with van der Waals surface area (Å²) >= 11 is 0.820. The molecule has 0 saturated heterocycles. The van der Waals surface area contributed by atoms with E-state index in [4.69, 9.17) is 4.52 Å². The minimum Gasteiger partial charge on any atom is -0.340 e. The molecule has 2 aromatic rings. The average molecular weight is 333 g/mol. The first-order chi connectivity index (χ1) is 10.1. The molecule has 0 aliphatic heterocycles. The first-order valence-electron chi connectivity index (χ1n) is 6.44. The number of hydrogen-bond donors (Lipinski definition) is 1.